The lowest BCUT2D eigenvalue weighted by molar-refractivity contribution is -0.119. The van der Waals surface area contributed by atoms with E-state index in [1.54, 1.807) is 0 Å². The number of hydrogen-bond donors (Lipinski definition) is 1. The fraction of sp³-hybridized carbons (Fsp3) is 0.650. The summed E-state index contributed by atoms with van der Waals surface area (Å²) in [5, 5.41) is 10.0. The molecule has 0 amide bonds. The molecule has 0 fully saturated rings. The largest absolute Gasteiger partial charge is 0.392 e. The van der Waals surface area contributed by atoms with Gasteiger partial charge in [0.2, 0.25) is 0 Å². The lowest BCUT2D eigenvalue weighted by Crippen LogP contribution is -2.16. The molecule has 0 bridgehead atoms. The highest BCUT2D eigenvalue weighted by atomic mass is 32.2. The van der Waals surface area contributed by atoms with Crippen molar-refractivity contribution < 1.29 is 14.1 Å². The summed E-state index contributed by atoms with van der Waals surface area (Å²) in [6, 6.07) is 7.59. The molecule has 0 saturated carbocycles. The molecule has 0 aliphatic carbocycles. The van der Waals surface area contributed by atoms with E-state index in [4.69, 9.17) is 0 Å². The number of rotatable bonds is 13. The van der Waals surface area contributed by atoms with Gasteiger partial charge in [0, 0.05) is 17.7 Å². The minimum Gasteiger partial charge on any atom is -0.392 e. The SMILES string of the molecule is CCCCCCC(=O)CCCC[C@H](O)C[S@@](=O)c1ccc(C)cc1. The molecule has 0 saturated heterocycles. The van der Waals surface area contributed by atoms with Crippen molar-refractivity contribution in [1.29, 1.82) is 0 Å². The second kappa shape index (κ2) is 12.4. The average Bonchev–Trinajstić information content (AvgIpc) is 2.56. The summed E-state index contributed by atoms with van der Waals surface area (Å²) in [7, 11) is -1.16. The normalized spacial score (nSPS) is 13.6. The van der Waals surface area contributed by atoms with Crippen LogP contribution in [0.2, 0.25) is 0 Å². The van der Waals surface area contributed by atoms with Gasteiger partial charge in [-0.3, -0.25) is 9.00 Å². The van der Waals surface area contributed by atoms with Gasteiger partial charge < -0.3 is 5.11 Å². The molecular formula is C20H32O3S. The van der Waals surface area contributed by atoms with Crippen LogP contribution in [0.5, 0.6) is 0 Å². The lowest BCUT2D eigenvalue weighted by Gasteiger charge is -2.10. The van der Waals surface area contributed by atoms with E-state index < -0.39 is 16.9 Å². The molecular weight excluding hydrogens is 320 g/mol. The molecule has 0 heterocycles. The first kappa shape index (κ1) is 21.0. The first-order chi connectivity index (χ1) is 11.5. The number of unbranched alkanes of at least 4 members (excludes halogenated alkanes) is 4. The van der Waals surface area contributed by atoms with Crippen molar-refractivity contribution in [3.63, 3.8) is 0 Å². The van der Waals surface area contributed by atoms with E-state index in [0.717, 1.165) is 36.1 Å². The van der Waals surface area contributed by atoms with Crippen LogP contribution in [0.15, 0.2) is 29.2 Å². The van der Waals surface area contributed by atoms with Crippen molar-refractivity contribution in [2.75, 3.05) is 5.75 Å². The van der Waals surface area contributed by atoms with Gasteiger partial charge in [-0.1, -0.05) is 50.3 Å². The standard InChI is InChI=1S/C20H32O3S/c1-3-4-5-6-9-18(21)10-7-8-11-19(22)16-24(23)20-14-12-17(2)13-15-20/h12-15,19,22H,3-11,16H2,1-2H3/t19-,24+/m0/s1. The van der Waals surface area contributed by atoms with Gasteiger partial charge in [0.1, 0.15) is 5.78 Å². The van der Waals surface area contributed by atoms with Crippen molar-refractivity contribution in [2.45, 2.75) is 82.6 Å². The quantitative estimate of drug-likeness (QED) is 0.529. The zero-order valence-corrected chi connectivity index (χ0v) is 15.9. The van der Waals surface area contributed by atoms with E-state index in [0.29, 0.717) is 25.0 Å². The highest BCUT2D eigenvalue weighted by Crippen LogP contribution is 2.13. The van der Waals surface area contributed by atoms with Crippen molar-refractivity contribution in [3.8, 4) is 0 Å². The van der Waals surface area contributed by atoms with E-state index in [1.165, 1.54) is 12.8 Å². The minimum absolute atomic E-state index is 0.272. The van der Waals surface area contributed by atoms with Gasteiger partial charge in [-0.25, -0.2) is 0 Å². The summed E-state index contributed by atoms with van der Waals surface area (Å²) in [6.45, 7) is 4.16. The Balaban J connectivity index is 2.13. The zero-order valence-electron chi connectivity index (χ0n) is 15.1. The van der Waals surface area contributed by atoms with Gasteiger partial charge in [0.15, 0.2) is 0 Å². The summed E-state index contributed by atoms with van der Waals surface area (Å²) in [4.78, 5) is 12.5. The van der Waals surface area contributed by atoms with Crippen molar-refractivity contribution in [3.05, 3.63) is 29.8 Å². The van der Waals surface area contributed by atoms with Crippen LogP contribution >= 0.6 is 0 Å². The summed E-state index contributed by atoms with van der Waals surface area (Å²) >= 11 is 0. The topological polar surface area (TPSA) is 54.4 Å². The highest BCUT2D eigenvalue weighted by molar-refractivity contribution is 7.85. The van der Waals surface area contributed by atoms with Crippen LogP contribution in [-0.2, 0) is 15.6 Å². The molecule has 0 radical (unpaired) electrons. The van der Waals surface area contributed by atoms with Crippen LogP contribution in [0, 0.1) is 6.92 Å². The fourth-order valence-corrected chi connectivity index (χ4v) is 3.77. The van der Waals surface area contributed by atoms with Crippen LogP contribution in [0.3, 0.4) is 0 Å². The van der Waals surface area contributed by atoms with Crippen LogP contribution in [-0.4, -0.2) is 27.0 Å². The third-order valence-corrected chi connectivity index (χ3v) is 5.67. The van der Waals surface area contributed by atoms with Crippen LogP contribution in [0.25, 0.3) is 0 Å². The first-order valence-corrected chi connectivity index (χ1v) is 10.5. The highest BCUT2D eigenvalue weighted by Gasteiger charge is 2.11. The van der Waals surface area contributed by atoms with E-state index in [-0.39, 0.29) is 5.75 Å². The molecule has 1 N–H and O–H groups in total. The van der Waals surface area contributed by atoms with Crippen LogP contribution < -0.4 is 0 Å². The Kier molecular flexibility index (Phi) is 10.9. The van der Waals surface area contributed by atoms with E-state index >= 15 is 0 Å². The number of aliphatic hydroxyl groups is 1. The number of hydrogen-bond acceptors (Lipinski definition) is 3. The first-order valence-electron chi connectivity index (χ1n) is 9.17. The third kappa shape index (κ3) is 9.33. The van der Waals surface area contributed by atoms with Crippen LogP contribution in [0.1, 0.15) is 70.3 Å². The van der Waals surface area contributed by atoms with Gasteiger partial charge in [0.25, 0.3) is 0 Å². The zero-order chi connectivity index (χ0) is 17.8. The van der Waals surface area contributed by atoms with E-state index in [1.807, 2.05) is 31.2 Å². The Morgan fingerprint density at radius 1 is 1.04 bits per heavy atom. The van der Waals surface area contributed by atoms with Gasteiger partial charge in [-0.15, -0.1) is 0 Å². The predicted octanol–water partition coefficient (Wildman–Crippen LogP) is 4.56. The number of aryl methyl sites for hydroxylation is 1. The van der Waals surface area contributed by atoms with Crippen molar-refractivity contribution >= 4 is 16.6 Å². The molecule has 4 heteroatoms. The summed E-state index contributed by atoms with van der Waals surface area (Å²) < 4.78 is 12.2. The summed E-state index contributed by atoms with van der Waals surface area (Å²) in [5.41, 5.74) is 1.13. The molecule has 3 nitrogen and oxygen atoms in total. The molecule has 2 atom stereocenters. The van der Waals surface area contributed by atoms with Gasteiger partial charge in [-0.2, -0.15) is 0 Å². The number of Topliss-reactive ketones (excluding diaryl/α,β-unsaturated/α-hetero) is 1. The Bertz CT molecular complexity index is 496. The molecule has 0 aliphatic rings. The maximum absolute atomic E-state index is 12.2. The van der Waals surface area contributed by atoms with Gasteiger partial charge in [0.05, 0.1) is 22.7 Å². The van der Waals surface area contributed by atoms with E-state index in [9.17, 15) is 14.1 Å². The van der Waals surface area contributed by atoms with Gasteiger partial charge in [-0.05, 0) is 38.3 Å². The van der Waals surface area contributed by atoms with Crippen LogP contribution in [0.4, 0.5) is 0 Å². The van der Waals surface area contributed by atoms with E-state index in [2.05, 4.69) is 6.92 Å². The number of carbonyl (C=O) groups excluding carboxylic acids is 1. The third-order valence-electron chi connectivity index (χ3n) is 4.18. The maximum Gasteiger partial charge on any atom is 0.132 e. The maximum atomic E-state index is 12.2. The minimum atomic E-state index is -1.16. The molecule has 0 aromatic heterocycles. The Labute approximate surface area is 149 Å². The molecule has 0 spiro atoms. The molecule has 1 aromatic rings. The Morgan fingerprint density at radius 2 is 1.67 bits per heavy atom. The predicted molar refractivity (Wildman–Crippen MR) is 101 cm³/mol. The second-order valence-electron chi connectivity index (χ2n) is 6.57. The Hall–Kier alpha value is -1.00. The number of ketones is 1. The second-order valence-corrected chi connectivity index (χ2v) is 8.07. The molecule has 0 aliphatic heterocycles. The smallest absolute Gasteiger partial charge is 0.132 e. The Morgan fingerprint density at radius 3 is 2.29 bits per heavy atom. The van der Waals surface area contributed by atoms with Crippen molar-refractivity contribution in [2.24, 2.45) is 0 Å². The molecule has 1 aromatic carbocycles. The summed E-state index contributed by atoms with van der Waals surface area (Å²) in [6.07, 6.45) is 7.53. The monoisotopic (exact) mass is 352 g/mol. The molecule has 136 valence electrons. The van der Waals surface area contributed by atoms with Gasteiger partial charge >= 0.3 is 0 Å². The summed E-state index contributed by atoms with van der Waals surface area (Å²) in [5.74, 6) is 0.609. The number of benzene rings is 1. The molecule has 0 unspecified atom stereocenters. The average molecular weight is 353 g/mol. The number of aliphatic hydroxyl groups excluding tert-OH is 1. The fourth-order valence-electron chi connectivity index (χ4n) is 2.62. The van der Waals surface area contributed by atoms with Crippen molar-refractivity contribution in [1.82, 2.24) is 0 Å². The lowest BCUT2D eigenvalue weighted by atomic mass is 10.0. The number of carbonyl (C=O) groups is 1. The molecule has 24 heavy (non-hydrogen) atoms. The molecule has 1 rings (SSSR count).